The molecule has 124 valence electrons. The summed E-state index contributed by atoms with van der Waals surface area (Å²) in [5.74, 6) is 0.225. The van der Waals surface area contributed by atoms with Gasteiger partial charge in [0.2, 0.25) is 5.91 Å². The summed E-state index contributed by atoms with van der Waals surface area (Å²) in [4.78, 5) is 27.4. The molecular weight excluding hydrogens is 460 g/mol. The van der Waals surface area contributed by atoms with Gasteiger partial charge in [-0.15, -0.1) is 6.54 Å². The standard InChI is InChI=1S/C16H19N3O3.2Y/c1-11(20)17-13-10-22-15-6-5-12(19-7-3-4-8-19)9-14(15)18(2)16(13)21;;/h3,5-6,8-9,13H,4,7,10H2,1-2H3,(H,17,20);;/q-2;;. The number of anilines is 2. The van der Waals surface area contributed by atoms with Crippen LogP contribution in [0.25, 0.3) is 0 Å². The van der Waals surface area contributed by atoms with E-state index in [0.29, 0.717) is 5.75 Å². The average Bonchev–Trinajstić information content (AvgIpc) is 3.00. The number of fused-ring (bicyclic) bond motifs is 1. The second-order valence-electron chi connectivity index (χ2n) is 5.47. The largest absolute Gasteiger partial charge is 0.549 e. The van der Waals surface area contributed by atoms with E-state index in [0.717, 1.165) is 24.3 Å². The molecular formula is C16H19N3O3Y2-2. The zero-order valence-corrected chi connectivity index (χ0v) is 19.5. The topological polar surface area (TPSA) is 61.9 Å². The minimum Gasteiger partial charge on any atom is -0.549 e. The molecule has 0 bridgehead atoms. The molecule has 0 aromatic heterocycles. The van der Waals surface area contributed by atoms with Crippen molar-refractivity contribution in [1.29, 1.82) is 0 Å². The molecule has 2 aliphatic rings. The Morgan fingerprint density at radius 2 is 2.12 bits per heavy atom. The van der Waals surface area contributed by atoms with E-state index in [1.54, 1.807) is 11.9 Å². The quantitative estimate of drug-likeness (QED) is 0.647. The fourth-order valence-corrected chi connectivity index (χ4v) is 2.71. The Hall–Kier alpha value is -0.0322. The van der Waals surface area contributed by atoms with Crippen LogP contribution in [0.4, 0.5) is 11.4 Å². The molecule has 1 atom stereocenters. The maximum atomic E-state index is 12.5. The van der Waals surface area contributed by atoms with E-state index in [2.05, 4.69) is 23.2 Å². The van der Waals surface area contributed by atoms with E-state index in [4.69, 9.17) is 4.74 Å². The minimum atomic E-state index is -0.662. The van der Waals surface area contributed by atoms with Crippen molar-refractivity contribution in [1.82, 2.24) is 5.32 Å². The number of hydrogen-bond acceptors (Lipinski definition) is 4. The molecule has 2 heterocycles. The van der Waals surface area contributed by atoms with E-state index in [-0.39, 0.29) is 83.8 Å². The van der Waals surface area contributed by atoms with Gasteiger partial charge < -0.3 is 26.3 Å². The van der Waals surface area contributed by atoms with Crippen LogP contribution >= 0.6 is 0 Å². The average molecular weight is 479 g/mol. The summed E-state index contributed by atoms with van der Waals surface area (Å²) < 4.78 is 5.71. The molecule has 1 N–H and O–H groups in total. The van der Waals surface area contributed by atoms with Crippen molar-refractivity contribution in [2.75, 3.05) is 30.0 Å². The molecule has 2 amide bonds. The third-order valence-electron chi connectivity index (χ3n) is 3.87. The molecule has 1 aromatic rings. The predicted octanol–water partition coefficient (Wildman–Crippen LogP) is 1.12. The summed E-state index contributed by atoms with van der Waals surface area (Å²) >= 11 is 0. The predicted molar refractivity (Wildman–Crippen MR) is 83.5 cm³/mol. The number of benzene rings is 1. The summed E-state index contributed by atoms with van der Waals surface area (Å²) in [6.07, 6.45) is 3.14. The summed E-state index contributed by atoms with van der Waals surface area (Å²) in [5, 5.41) is 2.63. The number of ether oxygens (including phenoxy) is 1. The summed E-state index contributed by atoms with van der Waals surface area (Å²) in [6.45, 7) is 4.51. The molecule has 24 heavy (non-hydrogen) atoms. The van der Waals surface area contributed by atoms with Gasteiger partial charge in [0.1, 0.15) is 18.4 Å². The monoisotopic (exact) mass is 479 g/mol. The molecule has 8 heteroatoms. The Balaban J connectivity index is 0.00000144. The number of nitrogens with one attached hydrogen (secondary N) is 1. The first kappa shape index (κ1) is 22.0. The van der Waals surface area contributed by atoms with Crippen molar-refractivity contribution in [2.45, 2.75) is 19.4 Å². The van der Waals surface area contributed by atoms with E-state index in [9.17, 15) is 9.59 Å². The third kappa shape index (κ3) is 4.78. The second kappa shape index (κ2) is 9.61. The smallest absolute Gasteiger partial charge is 0.252 e. The van der Waals surface area contributed by atoms with Crippen molar-refractivity contribution >= 4 is 23.2 Å². The van der Waals surface area contributed by atoms with E-state index in [1.807, 2.05) is 18.2 Å². The maximum absolute atomic E-state index is 12.5. The first-order valence-corrected chi connectivity index (χ1v) is 7.29. The Morgan fingerprint density at radius 3 is 2.75 bits per heavy atom. The minimum absolute atomic E-state index is 0. The summed E-state index contributed by atoms with van der Waals surface area (Å²) in [7, 11) is 1.70. The van der Waals surface area contributed by atoms with Gasteiger partial charge >= 0.3 is 0 Å². The van der Waals surface area contributed by atoms with Crippen LogP contribution in [0, 0.1) is 13.0 Å². The van der Waals surface area contributed by atoms with E-state index in [1.165, 1.54) is 6.92 Å². The number of carbonyl (C=O) groups is 2. The number of nitrogens with zero attached hydrogens (tertiary/aromatic N) is 2. The first-order chi connectivity index (χ1) is 10.6. The Bertz CT molecular complexity index is 606. The summed E-state index contributed by atoms with van der Waals surface area (Å²) in [5.41, 5.74) is 1.74. The van der Waals surface area contributed by atoms with Crippen LogP contribution in [0.15, 0.2) is 18.2 Å². The molecule has 1 unspecified atom stereocenters. The van der Waals surface area contributed by atoms with Gasteiger partial charge in [-0.25, -0.2) is 0 Å². The Kier molecular flexibility index (Phi) is 8.81. The molecule has 1 fully saturated rings. The molecule has 0 saturated carbocycles. The van der Waals surface area contributed by atoms with Gasteiger partial charge in [-0.3, -0.25) is 22.6 Å². The summed E-state index contributed by atoms with van der Waals surface area (Å²) in [6, 6.07) is 5.13. The zero-order chi connectivity index (χ0) is 15.7. The number of rotatable bonds is 2. The zero-order valence-electron chi connectivity index (χ0n) is 13.9. The number of likely N-dealkylation sites (N-methyl/N-ethyl adjacent to an activating group) is 1. The van der Waals surface area contributed by atoms with Crippen LogP contribution < -0.4 is 19.9 Å². The molecule has 3 rings (SSSR count). The van der Waals surface area contributed by atoms with Crippen LogP contribution in [-0.4, -0.2) is 38.1 Å². The van der Waals surface area contributed by atoms with Gasteiger partial charge in [0.25, 0.3) is 5.91 Å². The Labute approximate surface area is 192 Å². The maximum Gasteiger partial charge on any atom is 0.252 e. The molecule has 1 saturated heterocycles. The molecule has 2 aliphatic heterocycles. The fourth-order valence-electron chi connectivity index (χ4n) is 2.71. The van der Waals surface area contributed by atoms with Crippen molar-refractivity contribution < 1.29 is 79.7 Å². The van der Waals surface area contributed by atoms with Crippen LogP contribution in [-0.2, 0) is 75.0 Å². The van der Waals surface area contributed by atoms with Crippen LogP contribution in [0.3, 0.4) is 0 Å². The van der Waals surface area contributed by atoms with E-state index >= 15 is 0 Å². The normalized spacial score (nSPS) is 19.4. The molecule has 0 aliphatic carbocycles. The second-order valence-corrected chi connectivity index (χ2v) is 5.47. The number of hydrogen-bond donors (Lipinski definition) is 1. The Morgan fingerprint density at radius 1 is 1.38 bits per heavy atom. The van der Waals surface area contributed by atoms with E-state index < -0.39 is 6.04 Å². The molecule has 2 radical (unpaired) electrons. The van der Waals surface area contributed by atoms with Crippen LogP contribution in [0.2, 0.25) is 0 Å². The van der Waals surface area contributed by atoms with Gasteiger partial charge in [-0.1, -0.05) is 0 Å². The molecule has 6 nitrogen and oxygen atoms in total. The van der Waals surface area contributed by atoms with Crippen molar-refractivity contribution in [3.05, 3.63) is 31.2 Å². The van der Waals surface area contributed by atoms with Crippen molar-refractivity contribution in [2.24, 2.45) is 0 Å². The van der Waals surface area contributed by atoms with Gasteiger partial charge in [-0.2, -0.15) is 0 Å². The number of carbonyl (C=O) groups excluding carboxylic acids is 2. The third-order valence-corrected chi connectivity index (χ3v) is 3.87. The van der Waals surface area contributed by atoms with Gasteiger partial charge in [0.05, 0.1) is 5.69 Å². The van der Waals surface area contributed by atoms with Crippen LogP contribution in [0.1, 0.15) is 13.3 Å². The SMILES string of the molecule is CC(=O)NC1COc2ccc(N3[CH-]C[CH-]C3)cc2N(C)C1=O.[Y].[Y]. The fraction of sp³-hybridized carbons (Fsp3) is 0.375. The first-order valence-electron chi connectivity index (χ1n) is 7.29. The van der Waals surface area contributed by atoms with Gasteiger partial charge in [0, 0.05) is 85.1 Å². The van der Waals surface area contributed by atoms with Crippen molar-refractivity contribution in [3.63, 3.8) is 0 Å². The molecule has 0 spiro atoms. The van der Waals surface area contributed by atoms with Gasteiger partial charge in [-0.05, 0) is 18.2 Å². The molecule has 1 aromatic carbocycles. The van der Waals surface area contributed by atoms with Crippen LogP contribution in [0.5, 0.6) is 5.75 Å². The van der Waals surface area contributed by atoms with Crippen molar-refractivity contribution in [3.8, 4) is 5.75 Å². The van der Waals surface area contributed by atoms with Gasteiger partial charge in [0.15, 0.2) is 0 Å². The number of amides is 2.